The number of hydrogen-bond acceptors (Lipinski definition) is 3. The lowest BCUT2D eigenvalue weighted by molar-refractivity contribution is 0.474. The highest BCUT2D eigenvalue weighted by molar-refractivity contribution is 8.00. The maximum absolute atomic E-state index is 9.26. The van der Waals surface area contributed by atoms with Crippen molar-refractivity contribution in [1.29, 1.82) is 0 Å². The molecule has 2 nitrogen and oxygen atoms in total. The maximum atomic E-state index is 9.26. The Kier molecular flexibility index (Phi) is 2.76. The largest absolute Gasteiger partial charge is 0.508 e. The molecule has 1 saturated heterocycles. The minimum absolute atomic E-state index is 0.369. The van der Waals surface area contributed by atoms with Crippen LogP contribution in [-0.4, -0.2) is 22.8 Å². The lowest BCUT2D eigenvalue weighted by Gasteiger charge is -2.07. The van der Waals surface area contributed by atoms with Crippen LogP contribution in [0.15, 0.2) is 24.3 Å². The van der Waals surface area contributed by atoms with Gasteiger partial charge in [-0.15, -0.1) is 11.8 Å². The van der Waals surface area contributed by atoms with Gasteiger partial charge in [-0.1, -0.05) is 12.1 Å². The van der Waals surface area contributed by atoms with Gasteiger partial charge in [0.1, 0.15) is 5.75 Å². The summed E-state index contributed by atoms with van der Waals surface area (Å²) in [5.74, 6) is 1.43. The van der Waals surface area contributed by atoms with Crippen molar-refractivity contribution < 1.29 is 5.11 Å². The molecule has 2 N–H and O–H groups in total. The third-order valence-corrected chi connectivity index (χ3v) is 3.34. The van der Waals surface area contributed by atoms with Crippen molar-refractivity contribution in [3.05, 3.63) is 29.8 Å². The van der Waals surface area contributed by atoms with Crippen LogP contribution in [0.3, 0.4) is 0 Å². The molecule has 2 rings (SSSR count). The summed E-state index contributed by atoms with van der Waals surface area (Å²) in [6, 6.07) is 7.53. The van der Waals surface area contributed by atoms with E-state index in [0.717, 1.165) is 18.8 Å². The minimum atomic E-state index is 0.369. The number of phenols is 1. The fourth-order valence-electron chi connectivity index (χ4n) is 1.53. The highest BCUT2D eigenvalue weighted by Crippen LogP contribution is 2.21. The Morgan fingerprint density at radius 3 is 3.15 bits per heavy atom. The molecule has 1 atom stereocenters. The summed E-state index contributed by atoms with van der Waals surface area (Å²) in [4.78, 5) is 0. The van der Waals surface area contributed by atoms with E-state index in [1.807, 2.05) is 23.9 Å². The number of rotatable bonds is 2. The average molecular weight is 195 g/mol. The second-order valence-corrected chi connectivity index (χ2v) is 4.55. The second kappa shape index (κ2) is 4.03. The Bertz CT molecular complexity index is 284. The molecule has 1 fully saturated rings. The van der Waals surface area contributed by atoms with E-state index in [2.05, 4.69) is 11.4 Å². The quantitative estimate of drug-likeness (QED) is 0.751. The van der Waals surface area contributed by atoms with Gasteiger partial charge in [-0.05, 0) is 24.1 Å². The third-order valence-electron chi connectivity index (χ3n) is 2.17. The summed E-state index contributed by atoms with van der Waals surface area (Å²) in [5, 5.41) is 13.2. The lowest BCUT2D eigenvalue weighted by Crippen LogP contribution is -2.14. The van der Waals surface area contributed by atoms with Crippen LogP contribution in [0.4, 0.5) is 0 Å². The standard InChI is InChI=1S/C10H13NOS/c12-9-3-1-2-8(4-9)5-10-6-11-7-13-10/h1-4,10-12H,5-7H2. The van der Waals surface area contributed by atoms with Crippen LogP contribution in [0.1, 0.15) is 5.56 Å². The predicted octanol–water partition coefficient (Wildman–Crippen LogP) is 1.60. The summed E-state index contributed by atoms with van der Waals surface area (Å²) < 4.78 is 0. The van der Waals surface area contributed by atoms with E-state index in [4.69, 9.17) is 0 Å². The maximum Gasteiger partial charge on any atom is 0.115 e. The van der Waals surface area contributed by atoms with E-state index in [1.165, 1.54) is 5.56 Å². The highest BCUT2D eigenvalue weighted by atomic mass is 32.2. The van der Waals surface area contributed by atoms with E-state index in [0.29, 0.717) is 11.0 Å². The van der Waals surface area contributed by atoms with Gasteiger partial charge in [0.25, 0.3) is 0 Å². The van der Waals surface area contributed by atoms with Crippen molar-refractivity contribution in [2.75, 3.05) is 12.4 Å². The molecule has 13 heavy (non-hydrogen) atoms. The molecule has 0 aromatic heterocycles. The molecular weight excluding hydrogens is 182 g/mol. The number of phenolic OH excluding ortho intramolecular Hbond substituents is 1. The van der Waals surface area contributed by atoms with Gasteiger partial charge in [-0.3, -0.25) is 0 Å². The van der Waals surface area contributed by atoms with Crippen LogP contribution in [0.2, 0.25) is 0 Å². The van der Waals surface area contributed by atoms with E-state index >= 15 is 0 Å². The summed E-state index contributed by atoms with van der Waals surface area (Å²) in [5.41, 5.74) is 1.22. The first-order valence-corrected chi connectivity index (χ1v) is 5.50. The third kappa shape index (κ3) is 2.39. The zero-order valence-electron chi connectivity index (χ0n) is 7.36. The number of nitrogens with one attached hydrogen (secondary N) is 1. The number of aromatic hydroxyl groups is 1. The number of thioether (sulfide) groups is 1. The molecule has 0 saturated carbocycles. The fourth-order valence-corrected chi connectivity index (χ4v) is 2.55. The SMILES string of the molecule is Oc1cccc(CC2CNCS2)c1. The Labute approximate surface area is 82.4 Å². The zero-order chi connectivity index (χ0) is 9.10. The Balaban J connectivity index is 2.00. The van der Waals surface area contributed by atoms with Crippen molar-refractivity contribution in [1.82, 2.24) is 5.32 Å². The normalized spacial score (nSPS) is 22.0. The van der Waals surface area contributed by atoms with Crippen molar-refractivity contribution in [3.63, 3.8) is 0 Å². The number of hydrogen-bond donors (Lipinski definition) is 2. The molecule has 1 aliphatic heterocycles. The van der Waals surface area contributed by atoms with E-state index in [1.54, 1.807) is 6.07 Å². The first kappa shape index (κ1) is 8.91. The van der Waals surface area contributed by atoms with Gasteiger partial charge < -0.3 is 10.4 Å². The summed E-state index contributed by atoms with van der Waals surface area (Å²) >= 11 is 1.95. The summed E-state index contributed by atoms with van der Waals surface area (Å²) in [6.07, 6.45) is 1.05. The molecule has 0 spiro atoms. The monoisotopic (exact) mass is 195 g/mol. The molecule has 1 aromatic rings. The highest BCUT2D eigenvalue weighted by Gasteiger charge is 2.15. The van der Waals surface area contributed by atoms with Crippen molar-refractivity contribution in [3.8, 4) is 5.75 Å². The van der Waals surface area contributed by atoms with Gasteiger partial charge >= 0.3 is 0 Å². The van der Waals surface area contributed by atoms with Crippen LogP contribution >= 0.6 is 11.8 Å². The molecule has 70 valence electrons. The van der Waals surface area contributed by atoms with E-state index in [9.17, 15) is 5.11 Å². The summed E-state index contributed by atoms with van der Waals surface area (Å²) in [7, 11) is 0. The van der Waals surface area contributed by atoms with Gasteiger partial charge in [0.2, 0.25) is 0 Å². The molecule has 3 heteroatoms. The lowest BCUT2D eigenvalue weighted by atomic mass is 10.1. The van der Waals surface area contributed by atoms with Crippen molar-refractivity contribution >= 4 is 11.8 Å². The van der Waals surface area contributed by atoms with Crippen LogP contribution < -0.4 is 5.32 Å². The van der Waals surface area contributed by atoms with Crippen molar-refractivity contribution in [2.45, 2.75) is 11.7 Å². The minimum Gasteiger partial charge on any atom is -0.508 e. The first-order chi connectivity index (χ1) is 6.34. The second-order valence-electron chi connectivity index (χ2n) is 3.26. The van der Waals surface area contributed by atoms with Gasteiger partial charge in [0, 0.05) is 17.7 Å². The van der Waals surface area contributed by atoms with Gasteiger partial charge in [0.15, 0.2) is 0 Å². The van der Waals surface area contributed by atoms with Crippen LogP contribution in [0, 0.1) is 0 Å². The molecular formula is C10H13NOS. The van der Waals surface area contributed by atoms with Crippen LogP contribution in [0.5, 0.6) is 5.75 Å². The first-order valence-electron chi connectivity index (χ1n) is 4.45. The average Bonchev–Trinajstić information content (AvgIpc) is 2.57. The summed E-state index contributed by atoms with van der Waals surface area (Å²) in [6.45, 7) is 1.08. The molecule has 0 aliphatic carbocycles. The molecule has 0 bridgehead atoms. The van der Waals surface area contributed by atoms with Crippen molar-refractivity contribution in [2.24, 2.45) is 0 Å². The molecule has 1 aliphatic rings. The molecule has 1 unspecified atom stereocenters. The van der Waals surface area contributed by atoms with E-state index in [-0.39, 0.29) is 0 Å². The Morgan fingerprint density at radius 2 is 2.46 bits per heavy atom. The van der Waals surface area contributed by atoms with Crippen LogP contribution in [-0.2, 0) is 6.42 Å². The van der Waals surface area contributed by atoms with Gasteiger partial charge in [0.05, 0.1) is 0 Å². The topological polar surface area (TPSA) is 32.3 Å². The van der Waals surface area contributed by atoms with Crippen LogP contribution in [0.25, 0.3) is 0 Å². The van der Waals surface area contributed by atoms with Gasteiger partial charge in [-0.25, -0.2) is 0 Å². The number of benzene rings is 1. The Morgan fingerprint density at radius 1 is 1.54 bits per heavy atom. The zero-order valence-corrected chi connectivity index (χ0v) is 8.18. The molecule has 0 amide bonds. The fraction of sp³-hybridized carbons (Fsp3) is 0.400. The molecule has 1 heterocycles. The molecule has 1 aromatic carbocycles. The molecule has 0 radical (unpaired) electrons. The smallest absolute Gasteiger partial charge is 0.115 e. The Hall–Kier alpha value is -0.670. The van der Waals surface area contributed by atoms with E-state index < -0.39 is 0 Å². The predicted molar refractivity (Wildman–Crippen MR) is 56.1 cm³/mol. The van der Waals surface area contributed by atoms with Gasteiger partial charge in [-0.2, -0.15) is 0 Å².